The van der Waals surface area contributed by atoms with Gasteiger partial charge in [-0.25, -0.2) is 0 Å². The summed E-state index contributed by atoms with van der Waals surface area (Å²) in [7, 11) is 0. The average Bonchev–Trinajstić information content (AvgIpc) is 2.96. The second-order valence-electron chi connectivity index (χ2n) is 5.99. The molecule has 2 aromatic carbocycles. The van der Waals surface area contributed by atoms with E-state index in [1.807, 2.05) is 6.07 Å². The van der Waals surface area contributed by atoms with E-state index in [2.05, 4.69) is 32.1 Å². The van der Waals surface area contributed by atoms with Gasteiger partial charge >= 0.3 is 0 Å². The number of nitrogens with zero attached hydrogens (tertiary/aromatic N) is 3. The molecule has 7 nitrogen and oxygen atoms in total. The molecule has 2 heterocycles. The Morgan fingerprint density at radius 1 is 1.21 bits per heavy atom. The first-order valence-electron chi connectivity index (χ1n) is 8.38. The number of amides is 1. The van der Waals surface area contributed by atoms with E-state index in [4.69, 9.17) is 15.9 Å². The van der Waals surface area contributed by atoms with Gasteiger partial charge in [0.15, 0.2) is 17.2 Å². The zero-order chi connectivity index (χ0) is 19.7. The Hall–Kier alpha value is -3.31. The molecular formula is C20H14BrN3O4. The zero-order valence-electron chi connectivity index (χ0n) is 14.6. The molecule has 4 rings (SSSR count). The van der Waals surface area contributed by atoms with E-state index >= 15 is 0 Å². The predicted molar refractivity (Wildman–Crippen MR) is 106 cm³/mol. The highest BCUT2D eigenvalue weighted by molar-refractivity contribution is 9.10. The number of ether oxygens (including phenoxy) is 2. The van der Waals surface area contributed by atoms with Gasteiger partial charge in [-0.05, 0) is 36.4 Å². The van der Waals surface area contributed by atoms with Gasteiger partial charge in [0.1, 0.15) is 13.2 Å². The molecule has 0 radical (unpaired) electrons. The van der Waals surface area contributed by atoms with Gasteiger partial charge < -0.3 is 14.6 Å². The summed E-state index contributed by atoms with van der Waals surface area (Å²) in [5.41, 5.74) is 1.18. The van der Waals surface area contributed by atoms with Crippen molar-refractivity contribution in [3.8, 4) is 29.7 Å². The number of aromatic nitrogens is 1. The summed E-state index contributed by atoms with van der Waals surface area (Å²) < 4.78 is 13.3. The van der Waals surface area contributed by atoms with E-state index in [0.717, 1.165) is 4.47 Å². The van der Waals surface area contributed by atoms with E-state index in [9.17, 15) is 9.90 Å². The third-order valence-corrected chi connectivity index (χ3v) is 4.74. The van der Waals surface area contributed by atoms with Gasteiger partial charge in [-0.3, -0.25) is 9.36 Å². The Morgan fingerprint density at radius 2 is 2.00 bits per heavy atom. The maximum atomic E-state index is 12.5. The van der Waals surface area contributed by atoms with E-state index < -0.39 is 5.91 Å². The lowest BCUT2D eigenvalue weighted by Gasteiger charge is -2.18. The van der Waals surface area contributed by atoms with Gasteiger partial charge in [-0.2, -0.15) is 0 Å². The normalized spacial score (nSPS) is 13.0. The van der Waals surface area contributed by atoms with Crippen LogP contribution in [-0.2, 0) is 6.54 Å². The molecule has 0 aliphatic carbocycles. The summed E-state index contributed by atoms with van der Waals surface area (Å²) in [6.45, 7) is 1.05. The highest BCUT2D eigenvalue weighted by Gasteiger charge is 2.18. The number of halogens is 1. The van der Waals surface area contributed by atoms with Crippen LogP contribution in [0.3, 0.4) is 0 Å². The molecule has 1 N–H and O–H groups in total. The van der Waals surface area contributed by atoms with Gasteiger partial charge in [0.05, 0.1) is 12.1 Å². The van der Waals surface area contributed by atoms with Gasteiger partial charge in [0, 0.05) is 15.4 Å². The maximum Gasteiger partial charge on any atom is 0.295 e. The first kappa shape index (κ1) is 18.1. The lowest BCUT2D eigenvalue weighted by Crippen LogP contribution is -2.15. The van der Waals surface area contributed by atoms with Crippen LogP contribution in [0.25, 0.3) is 10.9 Å². The van der Waals surface area contributed by atoms with Gasteiger partial charge in [-0.1, -0.05) is 21.9 Å². The van der Waals surface area contributed by atoms with Gasteiger partial charge in [0.2, 0.25) is 5.88 Å². The molecule has 3 aromatic rings. The highest BCUT2D eigenvalue weighted by atomic mass is 79.9. The molecule has 1 aromatic heterocycles. The van der Waals surface area contributed by atoms with E-state index in [1.165, 1.54) is 4.57 Å². The van der Waals surface area contributed by atoms with Crippen LogP contribution in [0.1, 0.15) is 10.4 Å². The summed E-state index contributed by atoms with van der Waals surface area (Å²) in [5, 5.41) is 18.9. The van der Waals surface area contributed by atoms with Crippen LogP contribution in [0, 0.1) is 12.3 Å². The number of benzene rings is 2. The van der Waals surface area contributed by atoms with E-state index in [0.29, 0.717) is 41.2 Å². The minimum Gasteiger partial charge on any atom is -0.493 e. The van der Waals surface area contributed by atoms with Crippen molar-refractivity contribution in [3.05, 3.63) is 46.4 Å². The summed E-state index contributed by atoms with van der Waals surface area (Å²) >= 11 is 3.39. The largest absolute Gasteiger partial charge is 0.493 e. The second kappa shape index (κ2) is 7.37. The molecule has 0 saturated heterocycles. The monoisotopic (exact) mass is 439 g/mol. The molecule has 140 valence electrons. The van der Waals surface area contributed by atoms with Crippen molar-refractivity contribution in [3.63, 3.8) is 0 Å². The van der Waals surface area contributed by atoms with Crippen LogP contribution in [0.5, 0.6) is 17.4 Å². The summed E-state index contributed by atoms with van der Waals surface area (Å²) in [6, 6.07) is 10.2. The molecule has 1 aliphatic heterocycles. The molecule has 0 unspecified atom stereocenters. The third kappa shape index (κ3) is 3.21. The molecule has 8 heteroatoms. The van der Waals surface area contributed by atoms with Crippen LogP contribution < -0.4 is 9.47 Å². The fraction of sp³-hybridized carbons (Fsp3) is 0.150. The van der Waals surface area contributed by atoms with Crippen molar-refractivity contribution in [2.45, 2.75) is 6.54 Å². The van der Waals surface area contributed by atoms with Crippen molar-refractivity contribution >= 4 is 38.4 Å². The number of azo groups is 1. The molecular weight excluding hydrogens is 426 g/mol. The topological polar surface area (TPSA) is 85.4 Å². The van der Waals surface area contributed by atoms with Crippen molar-refractivity contribution in [1.82, 2.24) is 4.57 Å². The number of terminal acetylenes is 1. The Morgan fingerprint density at radius 3 is 2.79 bits per heavy atom. The Bertz CT molecular complexity index is 1160. The summed E-state index contributed by atoms with van der Waals surface area (Å²) in [6.07, 6.45) is 5.39. The SMILES string of the molecule is C#CCn1c(O)c(N=NC(=O)c2ccc3c(c2)OCCO3)c2cc(Br)ccc21. The molecule has 0 spiro atoms. The smallest absolute Gasteiger partial charge is 0.295 e. The predicted octanol–water partition coefficient (Wildman–Crippen LogP) is 4.44. The average molecular weight is 440 g/mol. The van der Waals surface area contributed by atoms with Crippen LogP contribution in [0.4, 0.5) is 5.69 Å². The zero-order valence-corrected chi connectivity index (χ0v) is 16.1. The summed E-state index contributed by atoms with van der Waals surface area (Å²) in [4.78, 5) is 12.5. The molecule has 1 aliphatic rings. The van der Waals surface area contributed by atoms with Crippen molar-refractivity contribution in [2.75, 3.05) is 13.2 Å². The number of fused-ring (bicyclic) bond motifs is 2. The maximum absolute atomic E-state index is 12.5. The number of hydrogen-bond donors (Lipinski definition) is 1. The Balaban J connectivity index is 1.70. The van der Waals surface area contributed by atoms with Crippen molar-refractivity contribution in [2.24, 2.45) is 10.2 Å². The minimum atomic E-state index is -0.566. The number of carbonyl (C=O) groups excluding carboxylic acids is 1. The fourth-order valence-electron chi connectivity index (χ4n) is 2.98. The second-order valence-corrected chi connectivity index (χ2v) is 6.90. The summed E-state index contributed by atoms with van der Waals surface area (Å²) in [5.74, 6) is 2.85. The first-order valence-corrected chi connectivity index (χ1v) is 9.17. The van der Waals surface area contributed by atoms with E-state index in [-0.39, 0.29) is 18.1 Å². The number of hydrogen-bond acceptors (Lipinski definition) is 5. The number of aromatic hydroxyl groups is 1. The number of carbonyl (C=O) groups is 1. The van der Waals surface area contributed by atoms with E-state index in [1.54, 1.807) is 30.3 Å². The lowest BCUT2D eigenvalue weighted by atomic mass is 10.2. The van der Waals surface area contributed by atoms with Crippen molar-refractivity contribution < 1.29 is 19.4 Å². The third-order valence-electron chi connectivity index (χ3n) is 4.25. The molecule has 0 bridgehead atoms. The number of rotatable bonds is 3. The Kier molecular flexibility index (Phi) is 4.75. The minimum absolute atomic E-state index is 0.148. The Labute approximate surface area is 168 Å². The standard InChI is InChI=1S/C20H14BrN3O4/c1-2-7-24-15-5-4-13(21)11-14(15)18(20(24)26)22-23-19(25)12-3-6-16-17(10-12)28-9-8-27-16/h1,3-6,10-11,26H,7-9H2. The van der Waals surface area contributed by atoms with Gasteiger partial charge in [-0.15, -0.1) is 16.7 Å². The van der Waals surface area contributed by atoms with Crippen LogP contribution >= 0.6 is 15.9 Å². The fourth-order valence-corrected chi connectivity index (χ4v) is 3.34. The quantitative estimate of drug-likeness (QED) is 0.482. The van der Waals surface area contributed by atoms with Crippen molar-refractivity contribution in [1.29, 1.82) is 0 Å². The highest BCUT2D eigenvalue weighted by Crippen LogP contribution is 2.40. The molecule has 0 fully saturated rings. The molecule has 0 saturated carbocycles. The molecule has 28 heavy (non-hydrogen) atoms. The van der Waals surface area contributed by atoms with Crippen LogP contribution in [-0.4, -0.2) is 28.8 Å². The first-order chi connectivity index (χ1) is 13.6. The molecule has 0 atom stereocenters. The van der Waals surface area contributed by atoms with Crippen LogP contribution in [0.15, 0.2) is 51.1 Å². The molecule has 1 amide bonds. The lowest BCUT2D eigenvalue weighted by molar-refractivity contribution is 0.0993. The van der Waals surface area contributed by atoms with Gasteiger partial charge in [0.25, 0.3) is 5.91 Å². The van der Waals surface area contributed by atoms with Crippen LogP contribution in [0.2, 0.25) is 0 Å².